The number of nitrogens with two attached hydrogens (primary N) is 1. The van der Waals surface area contributed by atoms with Gasteiger partial charge in [-0.1, -0.05) is 31.1 Å². The van der Waals surface area contributed by atoms with E-state index in [0.717, 1.165) is 16.6 Å². The number of benzene rings is 1. The molecule has 0 radical (unpaired) electrons. The van der Waals surface area contributed by atoms with E-state index in [9.17, 15) is 0 Å². The highest BCUT2D eigenvalue weighted by molar-refractivity contribution is 5.82. The molecule has 2 aromatic heterocycles. The van der Waals surface area contributed by atoms with Crippen molar-refractivity contribution in [3.05, 3.63) is 36.0 Å². The van der Waals surface area contributed by atoms with Crippen molar-refractivity contribution in [2.75, 3.05) is 31.3 Å². The van der Waals surface area contributed by atoms with Gasteiger partial charge in [-0.05, 0) is 31.0 Å². The van der Waals surface area contributed by atoms with Gasteiger partial charge in [-0.3, -0.25) is 4.57 Å². The molecule has 3 N–H and O–H groups in total. The molecule has 1 aliphatic carbocycles. The number of nitrogens with zero attached hydrogens (tertiary/aromatic N) is 4. The maximum Gasteiger partial charge on any atom is 0.221 e. The molecule has 1 aromatic carbocycles. The van der Waals surface area contributed by atoms with Crippen LogP contribution in [0.3, 0.4) is 0 Å². The summed E-state index contributed by atoms with van der Waals surface area (Å²) in [5.41, 5.74) is 8.60. The van der Waals surface area contributed by atoms with Crippen LogP contribution in [0.4, 0.5) is 11.9 Å². The van der Waals surface area contributed by atoms with Gasteiger partial charge in [0.15, 0.2) is 0 Å². The smallest absolute Gasteiger partial charge is 0.221 e. The molecule has 3 aromatic rings. The summed E-state index contributed by atoms with van der Waals surface area (Å²) in [4.78, 5) is 13.1. The molecule has 29 heavy (non-hydrogen) atoms. The maximum absolute atomic E-state index is 5.82. The highest BCUT2D eigenvalue weighted by Crippen LogP contribution is 2.26. The van der Waals surface area contributed by atoms with Gasteiger partial charge >= 0.3 is 0 Å². The number of aromatic nitrogens is 4. The molecule has 1 aliphatic rings. The van der Waals surface area contributed by atoms with Crippen molar-refractivity contribution in [1.82, 2.24) is 19.5 Å². The minimum Gasteiger partial charge on any atom is -0.383 e. The van der Waals surface area contributed by atoms with Gasteiger partial charge in [-0.25, -0.2) is 9.97 Å². The lowest BCUT2D eigenvalue weighted by Crippen LogP contribution is -2.12. The monoisotopic (exact) mass is 390 g/mol. The number of hydrogen-bond donors (Lipinski definition) is 2. The zero-order chi connectivity index (χ0) is 20.1. The molecule has 150 valence electrons. The fraction of sp³-hybridized carbons (Fsp3) is 0.409. The van der Waals surface area contributed by atoms with Crippen molar-refractivity contribution in [1.29, 1.82) is 0 Å². The van der Waals surface area contributed by atoms with Crippen LogP contribution in [0.5, 0.6) is 0 Å². The molecule has 1 fully saturated rings. The molecule has 2 heterocycles. The summed E-state index contributed by atoms with van der Waals surface area (Å²) in [5, 5.41) is 3.31. The Morgan fingerprint density at radius 1 is 1.21 bits per heavy atom. The van der Waals surface area contributed by atoms with Gasteiger partial charge in [0.05, 0.1) is 17.6 Å². The first-order valence-corrected chi connectivity index (χ1v) is 10.1. The van der Waals surface area contributed by atoms with E-state index < -0.39 is 0 Å². The Labute approximate surface area is 170 Å². The van der Waals surface area contributed by atoms with E-state index in [1.54, 1.807) is 13.3 Å². The minimum absolute atomic E-state index is 0.223. The number of ether oxygens (including phenoxy) is 1. The highest BCUT2D eigenvalue weighted by Gasteiger charge is 2.15. The van der Waals surface area contributed by atoms with Gasteiger partial charge in [-0.15, -0.1) is 0 Å². The van der Waals surface area contributed by atoms with Crippen LogP contribution in [0, 0.1) is 17.8 Å². The van der Waals surface area contributed by atoms with Crippen molar-refractivity contribution >= 4 is 22.9 Å². The third-order valence-electron chi connectivity index (χ3n) is 5.16. The number of fused-ring (bicyclic) bond motifs is 1. The Kier molecular flexibility index (Phi) is 5.92. The lowest BCUT2D eigenvalue weighted by molar-refractivity contribution is 0.210. The van der Waals surface area contributed by atoms with Crippen molar-refractivity contribution in [2.24, 2.45) is 5.92 Å². The summed E-state index contributed by atoms with van der Waals surface area (Å²) in [5.74, 6) is 8.92. The quantitative estimate of drug-likeness (QED) is 0.513. The van der Waals surface area contributed by atoms with Gasteiger partial charge in [-0.2, -0.15) is 4.98 Å². The molecule has 4 rings (SSSR count). The van der Waals surface area contributed by atoms with E-state index in [0.29, 0.717) is 30.8 Å². The third-order valence-corrected chi connectivity index (χ3v) is 5.16. The Morgan fingerprint density at radius 3 is 2.86 bits per heavy atom. The fourth-order valence-corrected chi connectivity index (χ4v) is 3.69. The number of imidazole rings is 1. The Balaban J connectivity index is 1.73. The summed E-state index contributed by atoms with van der Waals surface area (Å²) < 4.78 is 7.10. The van der Waals surface area contributed by atoms with Gasteiger partial charge in [0.1, 0.15) is 5.82 Å². The second kappa shape index (κ2) is 8.93. The van der Waals surface area contributed by atoms with E-state index in [1.165, 1.54) is 32.1 Å². The second-order valence-corrected chi connectivity index (χ2v) is 7.27. The van der Waals surface area contributed by atoms with Crippen LogP contribution in [-0.2, 0) is 4.74 Å². The molecular formula is C22H26N6O. The van der Waals surface area contributed by atoms with Crippen LogP contribution in [0.1, 0.15) is 37.7 Å². The van der Waals surface area contributed by atoms with Gasteiger partial charge in [0.25, 0.3) is 0 Å². The van der Waals surface area contributed by atoms with Gasteiger partial charge in [0, 0.05) is 37.4 Å². The minimum atomic E-state index is 0.223. The van der Waals surface area contributed by atoms with Gasteiger partial charge < -0.3 is 15.8 Å². The Hall–Kier alpha value is -3.11. The SMILES string of the molecule is COCCNc1nc2ccc(C#CC3CCCCC3)cc2n1-c1ccnc(N)n1. The molecule has 1 saturated carbocycles. The largest absolute Gasteiger partial charge is 0.383 e. The van der Waals surface area contributed by atoms with E-state index in [4.69, 9.17) is 15.5 Å². The van der Waals surface area contributed by atoms with Crippen LogP contribution in [0.25, 0.3) is 16.9 Å². The predicted octanol–water partition coefficient (Wildman–Crippen LogP) is 3.39. The summed E-state index contributed by atoms with van der Waals surface area (Å²) in [6.07, 6.45) is 7.98. The lowest BCUT2D eigenvalue weighted by Gasteiger charge is -2.15. The molecule has 0 amide bonds. The number of hydrogen-bond acceptors (Lipinski definition) is 6. The van der Waals surface area contributed by atoms with E-state index in [-0.39, 0.29) is 5.95 Å². The normalized spacial score (nSPS) is 14.5. The van der Waals surface area contributed by atoms with Crippen molar-refractivity contribution in [3.63, 3.8) is 0 Å². The average Bonchev–Trinajstić information content (AvgIpc) is 3.10. The lowest BCUT2D eigenvalue weighted by atomic mass is 9.90. The molecule has 7 heteroatoms. The zero-order valence-corrected chi connectivity index (χ0v) is 16.7. The molecular weight excluding hydrogens is 364 g/mol. The number of rotatable bonds is 5. The first-order valence-electron chi connectivity index (χ1n) is 10.1. The predicted molar refractivity (Wildman–Crippen MR) is 115 cm³/mol. The Morgan fingerprint density at radius 2 is 2.07 bits per heavy atom. The van der Waals surface area contributed by atoms with Crippen LogP contribution in [-0.4, -0.2) is 39.8 Å². The maximum atomic E-state index is 5.82. The molecule has 7 nitrogen and oxygen atoms in total. The third kappa shape index (κ3) is 4.49. The molecule has 0 spiro atoms. The van der Waals surface area contributed by atoms with E-state index in [1.807, 2.05) is 22.8 Å². The van der Waals surface area contributed by atoms with Crippen LogP contribution >= 0.6 is 0 Å². The second-order valence-electron chi connectivity index (χ2n) is 7.27. The topological polar surface area (TPSA) is 90.9 Å². The molecule has 0 aliphatic heterocycles. The fourth-order valence-electron chi connectivity index (χ4n) is 3.69. The standard InChI is InChI=1S/C22H26N6O/c1-29-14-13-25-22-26-18-10-9-17(8-7-16-5-3-2-4-6-16)15-19(18)28(22)20-11-12-24-21(23)27-20/h9-12,15-16H,2-6,13-14H2,1H3,(H,25,26)(H2,23,24,27). The summed E-state index contributed by atoms with van der Waals surface area (Å²) >= 11 is 0. The average molecular weight is 390 g/mol. The number of nitrogen functional groups attached to an aromatic ring is 1. The highest BCUT2D eigenvalue weighted by atomic mass is 16.5. The van der Waals surface area contributed by atoms with Crippen molar-refractivity contribution in [3.8, 4) is 17.7 Å². The summed E-state index contributed by atoms with van der Waals surface area (Å²) in [6, 6.07) is 7.92. The zero-order valence-electron chi connectivity index (χ0n) is 16.7. The Bertz CT molecular complexity index is 1040. The van der Waals surface area contributed by atoms with Crippen LogP contribution in [0.2, 0.25) is 0 Å². The van der Waals surface area contributed by atoms with E-state index in [2.05, 4.69) is 33.2 Å². The first-order chi connectivity index (χ1) is 14.2. The molecule has 0 bridgehead atoms. The summed E-state index contributed by atoms with van der Waals surface area (Å²) in [7, 11) is 1.67. The van der Waals surface area contributed by atoms with E-state index >= 15 is 0 Å². The number of methoxy groups -OCH3 is 1. The summed E-state index contributed by atoms with van der Waals surface area (Å²) in [6.45, 7) is 1.21. The van der Waals surface area contributed by atoms with Crippen LogP contribution in [0.15, 0.2) is 30.5 Å². The molecule has 0 unspecified atom stereocenters. The van der Waals surface area contributed by atoms with Crippen molar-refractivity contribution in [2.45, 2.75) is 32.1 Å². The van der Waals surface area contributed by atoms with Crippen molar-refractivity contribution < 1.29 is 4.74 Å². The van der Waals surface area contributed by atoms with Crippen LogP contribution < -0.4 is 11.1 Å². The molecule has 0 saturated heterocycles. The first kappa shape index (κ1) is 19.2. The van der Waals surface area contributed by atoms with Gasteiger partial charge in [0.2, 0.25) is 11.9 Å². The number of nitrogens with one attached hydrogen (secondary N) is 1. The number of anilines is 2. The molecule has 0 atom stereocenters.